The normalized spacial score (nSPS) is 16.2. The molecule has 1 aromatic heterocycles. The summed E-state index contributed by atoms with van der Waals surface area (Å²) >= 11 is 1.82. The van der Waals surface area contributed by atoms with E-state index in [1.807, 2.05) is 57.8 Å². The molecule has 0 radical (unpaired) electrons. The van der Waals surface area contributed by atoms with E-state index in [1.165, 1.54) is 16.5 Å². The third kappa shape index (κ3) is 4.87. The minimum atomic E-state index is -0.233. The third-order valence-corrected chi connectivity index (χ3v) is 7.63. The Kier molecular flexibility index (Phi) is 6.68. The molecule has 0 fully saturated rings. The number of aromatic nitrogens is 2. The second-order valence-electron chi connectivity index (χ2n) is 8.84. The van der Waals surface area contributed by atoms with Crippen LogP contribution in [0.2, 0.25) is 0 Å². The van der Waals surface area contributed by atoms with Crippen molar-refractivity contribution in [3.8, 4) is 22.6 Å². The molecule has 6 heteroatoms. The van der Waals surface area contributed by atoms with Crippen LogP contribution in [0.15, 0.2) is 76.7 Å². The molecule has 1 amide bonds. The first kappa shape index (κ1) is 22.7. The van der Waals surface area contributed by atoms with Gasteiger partial charge in [-0.15, -0.1) is 11.8 Å². The molecule has 174 valence electrons. The summed E-state index contributed by atoms with van der Waals surface area (Å²) in [7, 11) is 0. The SMILES string of the molecule is Cc1cc(-c2cn(CC(=O)N3CCC4=C(CC3)SC=CCC4)c(-c3ccccc3)n2)ccc1F. The number of carbonyl (C=O) groups excluding carboxylic acids is 1. The molecule has 0 atom stereocenters. The number of allylic oxidation sites excluding steroid dienone is 1. The summed E-state index contributed by atoms with van der Waals surface area (Å²) in [6.45, 7) is 3.49. The molecule has 2 aliphatic rings. The van der Waals surface area contributed by atoms with Crippen LogP contribution in [-0.4, -0.2) is 33.4 Å². The van der Waals surface area contributed by atoms with E-state index in [-0.39, 0.29) is 18.3 Å². The number of hydrogen-bond donors (Lipinski definition) is 0. The van der Waals surface area contributed by atoms with Crippen LogP contribution in [0.4, 0.5) is 4.39 Å². The largest absolute Gasteiger partial charge is 0.340 e. The molecule has 0 bridgehead atoms. The number of hydrogen-bond acceptors (Lipinski definition) is 3. The fraction of sp³-hybridized carbons (Fsp3) is 0.286. The Morgan fingerprint density at radius 2 is 1.88 bits per heavy atom. The lowest BCUT2D eigenvalue weighted by Gasteiger charge is -2.21. The second-order valence-corrected chi connectivity index (χ2v) is 9.84. The van der Waals surface area contributed by atoms with Crippen molar-refractivity contribution in [2.45, 2.75) is 39.2 Å². The van der Waals surface area contributed by atoms with Crippen LogP contribution < -0.4 is 0 Å². The smallest absolute Gasteiger partial charge is 0.242 e. The molecule has 2 aliphatic heterocycles. The summed E-state index contributed by atoms with van der Waals surface area (Å²) in [4.78, 5) is 21.7. The minimum absolute atomic E-state index is 0.106. The van der Waals surface area contributed by atoms with Crippen molar-refractivity contribution in [3.63, 3.8) is 0 Å². The first-order valence-electron chi connectivity index (χ1n) is 11.8. The van der Waals surface area contributed by atoms with E-state index in [0.29, 0.717) is 5.56 Å². The van der Waals surface area contributed by atoms with Gasteiger partial charge in [0.05, 0.1) is 5.69 Å². The van der Waals surface area contributed by atoms with Crippen molar-refractivity contribution in [1.29, 1.82) is 0 Å². The maximum Gasteiger partial charge on any atom is 0.242 e. The van der Waals surface area contributed by atoms with Crippen LogP contribution in [-0.2, 0) is 11.3 Å². The molecule has 0 saturated heterocycles. The van der Waals surface area contributed by atoms with Crippen LogP contribution in [0.1, 0.15) is 31.2 Å². The molecular formula is C28H28FN3OS. The first-order valence-corrected chi connectivity index (χ1v) is 12.7. The molecule has 0 aliphatic carbocycles. The predicted octanol–water partition coefficient (Wildman–Crippen LogP) is 6.58. The number of benzene rings is 2. The lowest BCUT2D eigenvalue weighted by Crippen LogP contribution is -2.35. The van der Waals surface area contributed by atoms with E-state index in [4.69, 9.17) is 4.98 Å². The Morgan fingerprint density at radius 1 is 1.06 bits per heavy atom. The quantitative estimate of drug-likeness (QED) is 0.429. The molecule has 4 nitrogen and oxygen atoms in total. The van der Waals surface area contributed by atoms with Crippen LogP contribution in [0.25, 0.3) is 22.6 Å². The Bertz CT molecular complexity index is 1260. The topological polar surface area (TPSA) is 38.1 Å². The summed E-state index contributed by atoms with van der Waals surface area (Å²) < 4.78 is 15.8. The summed E-state index contributed by atoms with van der Waals surface area (Å²) in [5.41, 5.74) is 4.62. The van der Waals surface area contributed by atoms with Gasteiger partial charge in [0.25, 0.3) is 0 Å². The van der Waals surface area contributed by atoms with Gasteiger partial charge in [0.15, 0.2) is 0 Å². The van der Waals surface area contributed by atoms with Crippen LogP contribution in [0.5, 0.6) is 0 Å². The molecule has 3 aromatic rings. The predicted molar refractivity (Wildman–Crippen MR) is 137 cm³/mol. The Labute approximate surface area is 204 Å². The number of thioether (sulfide) groups is 1. The molecule has 3 heterocycles. The molecule has 0 spiro atoms. The summed E-state index contributed by atoms with van der Waals surface area (Å²) in [6, 6.07) is 14.9. The molecule has 0 N–H and O–H groups in total. The van der Waals surface area contributed by atoms with E-state index in [0.717, 1.165) is 61.4 Å². The summed E-state index contributed by atoms with van der Waals surface area (Å²) in [5, 5.41) is 2.19. The van der Waals surface area contributed by atoms with Gasteiger partial charge in [0, 0.05) is 30.4 Å². The highest BCUT2D eigenvalue weighted by Crippen LogP contribution is 2.34. The Morgan fingerprint density at radius 3 is 2.71 bits per heavy atom. The van der Waals surface area contributed by atoms with Gasteiger partial charge >= 0.3 is 0 Å². The first-order chi connectivity index (χ1) is 16.6. The van der Waals surface area contributed by atoms with Crippen molar-refractivity contribution in [1.82, 2.24) is 14.5 Å². The lowest BCUT2D eigenvalue weighted by atomic mass is 10.1. The van der Waals surface area contributed by atoms with Crippen LogP contribution in [0.3, 0.4) is 0 Å². The highest BCUT2D eigenvalue weighted by atomic mass is 32.2. The highest BCUT2D eigenvalue weighted by Gasteiger charge is 2.22. The Balaban J connectivity index is 1.40. The molecule has 0 unspecified atom stereocenters. The standard InChI is InChI=1S/C28H28FN3OS/c1-20-17-23(10-11-24(20)29)25-18-32(28(30-25)22-8-3-2-4-9-22)19-27(33)31-14-12-21-7-5-6-16-34-26(21)13-15-31/h2-4,6,8-11,16-18H,5,7,12-15,19H2,1H3. The van der Waals surface area contributed by atoms with E-state index < -0.39 is 0 Å². The number of imidazole rings is 1. The highest BCUT2D eigenvalue weighted by molar-refractivity contribution is 8.05. The summed E-state index contributed by atoms with van der Waals surface area (Å²) in [6.07, 6.45) is 8.21. The number of nitrogens with zero attached hydrogens (tertiary/aromatic N) is 3. The zero-order chi connectivity index (χ0) is 23.5. The average molecular weight is 474 g/mol. The van der Waals surface area contributed by atoms with Gasteiger partial charge in [0.1, 0.15) is 18.2 Å². The third-order valence-electron chi connectivity index (χ3n) is 6.53. The van der Waals surface area contributed by atoms with Gasteiger partial charge in [-0.25, -0.2) is 9.37 Å². The molecule has 0 saturated carbocycles. The van der Waals surface area contributed by atoms with Crippen molar-refractivity contribution >= 4 is 17.7 Å². The van der Waals surface area contributed by atoms with Gasteiger partial charge in [0.2, 0.25) is 5.91 Å². The van der Waals surface area contributed by atoms with Gasteiger partial charge < -0.3 is 9.47 Å². The van der Waals surface area contributed by atoms with E-state index >= 15 is 0 Å². The van der Waals surface area contributed by atoms with E-state index in [1.54, 1.807) is 19.1 Å². The van der Waals surface area contributed by atoms with Crippen molar-refractivity contribution < 1.29 is 9.18 Å². The van der Waals surface area contributed by atoms with Gasteiger partial charge in [-0.3, -0.25) is 4.79 Å². The van der Waals surface area contributed by atoms with E-state index in [9.17, 15) is 9.18 Å². The van der Waals surface area contributed by atoms with Gasteiger partial charge in [-0.2, -0.15) is 0 Å². The lowest BCUT2D eigenvalue weighted by molar-refractivity contribution is -0.131. The fourth-order valence-corrected chi connectivity index (χ4v) is 5.57. The summed E-state index contributed by atoms with van der Waals surface area (Å²) in [5.74, 6) is 0.619. The number of rotatable bonds is 4. The zero-order valence-corrected chi connectivity index (χ0v) is 20.2. The molecule has 5 rings (SSSR count). The van der Waals surface area contributed by atoms with Crippen LogP contribution >= 0.6 is 11.8 Å². The van der Waals surface area contributed by atoms with Gasteiger partial charge in [-0.05, 0) is 66.7 Å². The van der Waals surface area contributed by atoms with Crippen molar-refractivity contribution in [2.75, 3.05) is 13.1 Å². The average Bonchev–Trinajstić information content (AvgIpc) is 2.99. The maximum atomic E-state index is 13.8. The molecule has 34 heavy (non-hydrogen) atoms. The van der Waals surface area contributed by atoms with Crippen molar-refractivity contribution in [3.05, 3.63) is 88.1 Å². The molecule has 2 aromatic carbocycles. The minimum Gasteiger partial charge on any atom is -0.340 e. The second kappa shape index (κ2) is 10.0. The van der Waals surface area contributed by atoms with E-state index in [2.05, 4.69) is 11.5 Å². The molecular weight excluding hydrogens is 445 g/mol. The Hall–Kier alpha value is -3.12. The number of halogens is 1. The number of carbonyl (C=O) groups is 1. The number of amides is 1. The zero-order valence-electron chi connectivity index (χ0n) is 19.3. The van der Waals surface area contributed by atoms with Crippen LogP contribution in [0, 0.1) is 12.7 Å². The number of aryl methyl sites for hydroxylation is 1. The maximum absolute atomic E-state index is 13.8. The monoisotopic (exact) mass is 473 g/mol. The van der Waals surface area contributed by atoms with Gasteiger partial charge in [-0.1, -0.05) is 42.0 Å². The fourth-order valence-electron chi connectivity index (χ4n) is 4.59. The van der Waals surface area contributed by atoms with Crippen molar-refractivity contribution in [2.24, 2.45) is 0 Å².